The van der Waals surface area contributed by atoms with Crippen molar-refractivity contribution in [1.82, 2.24) is 25.3 Å². The Hall–Kier alpha value is -3.23. The van der Waals surface area contributed by atoms with E-state index in [9.17, 15) is 4.79 Å². The van der Waals surface area contributed by atoms with E-state index in [0.29, 0.717) is 17.9 Å². The van der Waals surface area contributed by atoms with Gasteiger partial charge in [0, 0.05) is 67.5 Å². The molecule has 5 rings (SSSR count). The zero-order chi connectivity index (χ0) is 32.0. The van der Waals surface area contributed by atoms with Gasteiger partial charge in [-0.3, -0.25) is 9.69 Å². The average molecular weight is 632 g/mol. The Morgan fingerprint density at radius 2 is 1.69 bits per heavy atom. The van der Waals surface area contributed by atoms with Crippen molar-refractivity contribution in [1.29, 1.82) is 0 Å². The molecule has 0 aromatic heterocycles. The summed E-state index contributed by atoms with van der Waals surface area (Å²) in [6.07, 6.45) is 0.945. The van der Waals surface area contributed by atoms with E-state index < -0.39 is 5.54 Å². The van der Waals surface area contributed by atoms with Crippen LogP contribution in [-0.2, 0) is 23.3 Å². The Kier molecular flexibility index (Phi) is 11.0. The monoisotopic (exact) mass is 631 g/mol. The Labute approximate surface area is 273 Å². The van der Waals surface area contributed by atoms with Crippen LogP contribution in [0.15, 0.2) is 85.1 Å². The number of hydrogen-bond donors (Lipinski definition) is 2. The predicted molar refractivity (Wildman–Crippen MR) is 182 cm³/mol. The van der Waals surface area contributed by atoms with Gasteiger partial charge in [0.15, 0.2) is 0 Å². The first kappa shape index (κ1) is 33.1. The van der Waals surface area contributed by atoms with Gasteiger partial charge in [0.1, 0.15) is 5.82 Å². The number of benzene rings is 3. The highest BCUT2D eigenvalue weighted by Crippen LogP contribution is 2.34. The molecule has 0 spiro atoms. The number of amides is 1. The predicted octanol–water partition coefficient (Wildman–Crippen LogP) is 6.13. The molecule has 3 aromatic carbocycles. The van der Waals surface area contributed by atoms with E-state index in [2.05, 4.69) is 64.8 Å². The molecule has 6 nitrogen and oxygen atoms in total. The van der Waals surface area contributed by atoms with Gasteiger partial charge >= 0.3 is 0 Å². The highest BCUT2D eigenvalue weighted by atomic mass is 35.5. The van der Waals surface area contributed by atoms with Crippen LogP contribution in [0.2, 0.25) is 5.02 Å². The van der Waals surface area contributed by atoms with Crippen LogP contribution in [0.1, 0.15) is 55.5 Å². The molecule has 1 saturated heterocycles. The van der Waals surface area contributed by atoms with Crippen LogP contribution in [0, 0.1) is 5.82 Å². The molecule has 2 N–H and O–H groups in total. The molecule has 2 aliphatic heterocycles. The lowest BCUT2D eigenvalue weighted by Gasteiger charge is -2.43. The average Bonchev–Trinajstić information content (AvgIpc) is 3.38. The fraction of sp³-hybridized carbons (Fsp3) is 0.432. The third-order valence-corrected chi connectivity index (χ3v) is 9.89. The quantitative estimate of drug-likeness (QED) is 0.238. The molecule has 0 bridgehead atoms. The van der Waals surface area contributed by atoms with Crippen molar-refractivity contribution in [2.45, 2.75) is 57.8 Å². The van der Waals surface area contributed by atoms with E-state index in [1.807, 2.05) is 48.5 Å². The molecule has 0 saturated carbocycles. The smallest absolute Gasteiger partial charge is 0.222 e. The second kappa shape index (κ2) is 14.9. The molecule has 45 heavy (non-hydrogen) atoms. The zero-order valence-electron chi connectivity index (χ0n) is 26.9. The molecular formula is C37H47ClFN5O. The number of likely N-dealkylation sites (N-methyl/N-ethyl adjacent to an activating group) is 1. The highest BCUT2D eigenvalue weighted by Gasteiger charge is 2.37. The Balaban J connectivity index is 1.29. The minimum absolute atomic E-state index is 0.0145. The maximum Gasteiger partial charge on any atom is 0.222 e. The van der Waals surface area contributed by atoms with Crippen LogP contribution >= 0.6 is 11.6 Å². The van der Waals surface area contributed by atoms with Crippen molar-refractivity contribution in [2.75, 3.05) is 45.8 Å². The molecule has 240 valence electrons. The van der Waals surface area contributed by atoms with E-state index in [1.54, 1.807) is 12.1 Å². The summed E-state index contributed by atoms with van der Waals surface area (Å²) in [4.78, 5) is 20.7. The summed E-state index contributed by atoms with van der Waals surface area (Å²) >= 11 is 6.18. The number of nitrogens with zero attached hydrogens (tertiary/aromatic N) is 3. The number of carbonyl (C=O) groups excluding carboxylic acids is 1. The van der Waals surface area contributed by atoms with Crippen molar-refractivity contribution in [3.05, 3.63) is 118 Å². The third kappa shape index (κ3) is 7.95. The molecular weight excluding hydrogens is 585 g/mol. The number of nitrogens with one attached hydrogen (secondary N) is 2. The van der Waals surface area contributed by atoms with Crippen molar-refractivity contribution in [2.24, 2.45) is 0 Å². The van der Waals surface area contributed by atoms with Crippen LogP contribution in [0.4, 0.5) is 4.39 Å². The van der Waals surface area contributed by atoms with Crippen LogP contribution in [0.25, 0.3) is 0 Å². The molecule has 1 amide bonds. The molecule has 2 aliphatic rings. The van der Waals surface area contributed by atoms with Gasteiger partial charge < -0.3 is 20.4 Å². The molecule has 8 heteroatoms. The number of halogens is 2. The number of hydrogen-bond acceptors (Lipinski definition) is 5. The van der Waals surface area contributed by atoms with E-state index in [4.69, 9.17) is 11.6 Å². The lowest BCUT2D eigenvalue weighted by molar-refractivity contribution is -0.123. The number of rotatable bonds is 13. The maximum atomic E-state index is 15.0. The van der Waals surface area contributed by atoms with Gasteiger partial charge in [-0.1, -0.05) is 86.6 Å². The SMILES string of the molecule is C=C(C(Cc1ccc(Cl)cc1)NC(=O)CC1(C)NCc2ccccc21)N1CCN(C(CN(CC)CC)c2ccccc2F)CC1. The van der Waals surface area contributed by atoms with Crippen LogP contribution in [0.5, 0.6) is 0 Å². The van der Waals surface area contributed by atoms with Crippen molar-refractivity contribution < 1.29 is 9.18 Å². The Morgan fingerprint density at radius 1 is 1.02 bits per heavy atom. The lowest BCUT2D eigenvalue weighted by Crippen LogP contribution is -2.52. The van der Waals surface area contributed by atoms with Gasteiger partial charge in [0.05, 0.1) is 12.1 Å². The normalized spacial score (nSPS) is 19.7. The van der Waals surface area contributed by atoms with Gasteiger partial charge in [0.25, 0.3) is 0 Å². The standard InChI is InChI=1S/C37H47ClFN5O/c1-5-42(6-2)26-35(31-12-8-10-14-33(31)39)44-21-19-43(20-22-44)27(3)34(23-28-15-17-30(38)18-16-28)41-36(45)24-37(4)32-13-9-7-11-29(32)25-40-37/h7-18,34-35,40H,3,5-6,19-26H2,1-2,4H3,(H,41,45). The minimum atomic E-state index is -0.426. The van der Waals surface area contributed by atoms with Crippen molar-refractivity contribution in [3.8, 4) is 0 Å². The first-order valence-electron chi connectivity index (χ1n) is 16.2. The molecule has 3 unspecified atom stereocenters. The summed E-state index contributed by atoms with van der Waals surface area (Å²) in [5, 5.41) is 7.59. The summed E-state index contributed by atoms with van der Waals surface area (Å²) in [6, 6.07) is 23.0. The number of fused-ring (bicyclic) bond motifs is 1. The van der Waals surface area contributed by atoms with Gasteiger partial charge in [0.2, 0.25) is 5.91 Å². The van der Waals surface area contributed by atoms with Gasteiger partial charge in [-0.25, -0.2) is 4.39 Å². The van der Waals surface area contributed by atoms with Crippen molar-refractivity contribution in [3.63, 3.8) is 0 Å². The summed E-state index contributed by atoms with van der Waals surface area (Å²) in [7, 11) is 0. The Bertz CT molecular complexity index is 1450. The van der Waals surface area contributed by atoms with Crippen LogP contribution < -0.4 is 10.6 Å². The topological polar surface area (TPSA) is 50.9 Å². The van der Waals surface area contributed by atoms with E-state index in [1.165, 1.54) is 11.1 Å². The first-order chi connectivity index (χ1) is 21.7. The van der Waals surface area contributed by atoms with Gasteiger partial charge in [-0.2, -0.15) is 0 Å². The Morgan fingerprint density at radius 3 is 2.38 bits per heavy atom. The van der Waals surface area contributed by atoms with Gasteiger partial charge in [-0.15, -0.1) is 0 Å². The van der Waals surface area contributed by atoms with Gasteiger partial charge in [-0.05, 0) is 61.3 Å². The number of carbonyl (C=O) groups is 1. The summed E-state index contributed by atoms with van der Waals surface area (Å²) < 4.78 is 15.0. The summed E-state index contributed by atoms with van der Waals surface area (Å²) in [5.41, 5.74) is 4.72. The molecule has 0 aliphatic carbocycles. The van der Waals surface area contributed by atoms with Crippen molar-refractivity contribution >= 4 is 17.5 Å². The molecule has 3 aromatic rings. The molecule has 2 heterocycles. The summed E-state index contributed by atoms with van der Waals surface area (Å²) in [5.74, 6) is -0.167. The molecule has 1 fully saturated rings. The minimum Gasteiger partial charge on any atom is -0.371 e. The van der Waals surface area contributed by atoms with Crippen LogP contribution in [0.3, 0.4) is 0 Å². The fourth-order valence-corrected chi connectivity index (χ4v) is 6.98. The second-order valence-corrected chi connectivity index (χ2v) is 12.9. The second-order valence-electron chi connectivity index (χ2n) is 12.5. The molecule has 3 atom stereocenters. The van der Waals surface area contributed by atoms with E-state index in [0.717, 1.165) is 69.2 Å². The molecule has 0 radical (unpaired) electrons. The highest BCUT2D eigenvalue weighted by molar-refractivity contribution is 6.30. The van der Waals surface area contributed by atoms with Crippen LogP contribution in [-0.4, -0.2) is 72.5 Å². The zero-order valence-corrected chi connectivity index (χ0v) is 27.6. The fourth-order valence-electron chi connectivity index (χ4n) is 6.85. The van der Waals surface area contributed by atoms with E-state index >= 15 is 4.39 Å². The number of piperazine rings is 1. The summed E-state index contributed by atoms with van der Waals surface area (Å²) in [6.45, 7) is 17.4. The third-order valence-electron chi connectivity index (χ3n) is 9.64. The van der Waals surface area contributed by atoms with E-state index in [-0.39, 0.29) is 23.8 Å². The lowest BCUT2D eigenvalue weighted by atomic mass is 9.89. The first-order valence-corrected chi connectivity index (χ1v) is 16.6. The largest absolute Gasteiger partial charge is 0.371 e. The maximum absolute atomic E-state index is 15.0.